The zero-order chi connectivity index (χ0) is 14.9. The second-order valence-corrected chi connectivity index (χ2v) is 7.63. The Balaban J connectivity index is 2.37. The van der Waals surface area contributed by atoms with Gasteiger partial charge in [-0.3, -0.25) is 0 Å². The number of benzene rings is 1. The van der Waals surface area contributed by atoms with Gasteiger partial charge >= 0.3 is 0 Å². The molecule has 20 heavy (non-hydrogen) atoms. The summed E-state index contributed by atoms with van der Waals surface area (Å²) in [5.74, 6) is -0.633. The van der Waals surface area contributed by atoms with Crippen LogP contribution in [-0.2, 0) is 10.0 Å². The lowest BCUT2D eigenvalue weighted by Crippen LogP contribution is -2.34. The molecule has 5 nitrogen and oxygen atoms in total. The summed E-state index contributed by atoms with van der Waals surface area (Å²) in [5.41, 5.74) is 5.31. The highest BCUT2D eigenvalue weighted by Gasteiger charge is 2.28. The van der Waals surface area contributed by atoms with Crippen LogP contribution in [0, 0.1) is 5.82 Å². The molecule has 0 spiro atoms. The molecule has 1 aliphatic rings. The lowest BCUT2D eigenvalue weighted by molar-refractivity contribution is 0.347. The SMILES string of the molecule is CN1CCCN(S(=O)(=O)c2cc(N)c(F)cc2Br)CC1. The first-order valence-electron chi connectivity index (χ1n) is 6.25. The van der Waals surface area contributed by atoms with Gasteiger partial charge in [0.25, 0.3) is 0 Å². The summed E-state index contributed by atoms with van der Waals surface area (Å²) in [6, 6.07) is 2.26. The highest BCUT2D eigenvalue weighted by molar-refractivity contribution is 9.10. The van der Waals surface area contributed by atoms with E-state index < -0.39 is 15.8 Å². The predicted octanol–water partition coefficient (Wildman–Crippen LogP) is 1.50. The summed E-state index contributed by atoms with van der Waals surface area (Å²) >= 11 is 3.10. The molecule has 1 aromatic rings. The Morgan fingerprint density at radius 1 is 1.25 bits per heavy atom. The van der Waals surface area contributed by atoms with Crippen molar-refractivity contribution in [3.05, 3.63) is 22.4 Å². The maximum atomic E-state index is 13.3. The normalized spacial score (nSPS) is 18.9. The van der Waals surface area contributed by atoms with E-state index in [-0.39, 0.29) is 15.1 Å². The number of nitrogen functional groups attached to an aromatic ring is 1. The van der Waals surface area contributed by atoms with Crippen LogP contribution in [0.5, 0.6) is 0 Å². The average Bonchev–Trinajstić information content (AvgIpc) is 2.59. The van der Waals surface area contributed by atoms with Crippen molar-refractivity contribution < 1.29 is 12.8 Å². The Morgan fingerprint density at radius 3 is 2.65 bits per heavy atom. The lowest BCUT2D eigenvalue weighted by atomic mass is 10.3. The third kappa shape index (κ3) is 3.13. The smallest absolute Gasteiger partial charge is 0.244 e. The van der Waals surface area contributed by atoms with E-state index >= 15 is 0 Å². The van der Waals surface area contributed by atoms with Gasteiger partial charge in [0.2, 0.25) is 10.0 Å². The van der Waals surface area contributed by atoms with Gasteiger partial charge in [0, 0.05) is 24.1 Å². The maximum Gasteiger partial charge on any atom is 0.244 e. The minimum Gasteiger partial charge on any atom is -0.396 e. The van der Waals surface area contributed by atoms with Gasteiger partial charge in [0.1, 0.15) is 5.82 Å². The van der Waals surface area contributed by atoms with Gasteiger partial charge < -0.3 is 10.6 Å². The van der Waals surface area contributed by atoms with Crippen molar-refractivity contribution in [2.24, 2.45) is 0 Å². The Labute approximate surface area is 126 Å². The van der Waals surface area contributed by atoms with E-state index in [9.17, 15) is 12.8 Å². The minimum atomic E-state index is -3.67. The van der Waals surface area contributed by atoms with Crippen LogP contribution in [0.2, 0.25) is 0 Å². The predicted molar refractivity (Wildman–Crippen MR) is 79.4 cm³/mol. The molecule has 112 valence electrons. The van der Waals surface area contributed by atoms with Crippen molar-refractivity contribution in [1.29, 1.82) is 0 Å². The van der Waals surface area contributed by atoms with Crippen molar-refractivity contribution in [1.82, 2.24) is 9.21 Å². The van der Waals surface area contributed by atoms with Crippen LogP contribution in [0.3, 0.4) is 0 Å². The molecule has 2 rings (SSSR count). The fourth-order valence-electron chi connectivity index (χ4n) is 2.14. The van der Waals surface area contributed by atoms with E-state index in [4.69, 9.17) is 5.73 Å². The first-order chi connectivity index (χ1) is 9.32. The highest BCUT2D eigenvalue weighted by atomic mass is 79.9. The van der Waals surface area contributed by atoms with Crippen molar-refractivity contribution in [3.63, 3.8) is 0 Å². The molecule has 0 bridgehead atoms. The Morgan fingerprint density at radius 2 is 1.95 bits per heavy atom. The second kappa shape index (κ2) is 5.97. The van der Waals surface area contributed by atoms with Crippen LogP contribution in [0.15, 0.2) is 21.5 Å². The summed E-state index contributed by atoms with van der Waals surface area (Å²) in [5, 5.41) is 0. The Kier molecular flexibility index (Phi) is 4.68. The quantitative estimate of drug-likeness (QED) is 0.806. The molecule has 1 fully saturated rings. The van der Waals surface area contributed by atoms with E-state index in [0.717, 1.165) is 19.0 Å². The number of hydrogen-bond acceptors (Lipinski definition) is 4. The molecule has 0 saturated carbocycles. The number of anilines is 1. The number of halogens is 2. The first kappa shape index (κ1) is 15.7. The molecule has 8 heteroatoms. The zero-order valence-electron chi connectivity index (χ0n) is 11.1. The zero-order valence-corrected chi connectivity index (χ0v) is 13.5. The molecule has 0 atom stereocenters. The summed E-state index contributed by atoms with van der Waals surface area (Å²) in [7, 11) is -1.71. The van der Waals surface area contributed by atoms with Gasteiger partial charge in [-0.25, -0.2) is 12.8 Å². The maximum absolute atomic E-state index is 13.3. The van der Waals surface area contributed by atoms with Crippen molar-refractivity contribution in [2.75, 3.05) is 39.0 Å². The number of hydrogen-bond donors (Lipinski definition) is 1. The van der Waals surface area contributed by atoms with Gasteiger partial charge in [-0.15, -0.1) is 0 Å². The van der Waals surface area contributed by atoms with Gasteiger partial charge in [0.15, 0.2) is 0 Å². The van der Waals surface area contributed by atoms with Crippen LogP contribution in [0.4, 0.5) is 10.1 Å². The molecule has 1 aromatic carbocycles. The summed E-state index contributed by atoms with van der Waals surface area (Å²) < 4.78 is 40.2. The van der Waals surface area contributed by atoms with E-state index in [1.54, 1.807) is 0 Å². The topological polar surface area (TPSA) is 66.6 Å². The van der Waals surface area contributed by atoms with Crippen molar-refractivity contribution in [3.8, 4) is 0 Å². The molecule has 0 unspecified atom stereocenters. The Hall–Kier alpha value is -0.700. The molecule has 0 aliphatic carbocycles. The van der Waals surface area contributed by atoms with Crippen LogP contribution >= 0.6 is 15.9 Å². The van der Waals surface area contributed by atoms with Gasteiger partial charge in [-0.2, -0.15) is 4.31 Å². The fraction of sp³-hybridized carbons (Fsp3) is 0.500. The molecule has 1 heterocycles. The summed E-state index contributed by atoms with van der Waals surface area (Å²) in [4.78, 5) is 2.10. The van der Waals surface area contributed by atoms with Crippen LogP contribution < -0.4 is 5.73 Å². The van der Waals surface area contributed by atoms with E-state index in [1.165, 1.54) is 10.4 Å². The molecule has 1 aliphatic heterocycles. The molecular formula is C12H17BrFN3O2S. The molecule has 0 aromatic heterocycles. The van der Waals surface area contributed by atoms with E-state index in [0.29, 0.717) is 19.6 Å². The number of likely N-dealkylation sites (N-methyl/N-ethyl adjacent to an activating group) is 1. The van der Waals surface area contributed by atoms with Gasteiger partial charge in [-0.05, 0) is 48.1 Å². The number of nitrogens with two attached hydrogens (primary N) is 1. The number of nitrogens with zero attached hydrogens (tertiary/aromatic N) is 2. The Bertz CT molecular complexity index is 609. The number of sulfonamides is 1. The second-order valence-electron chi connectivity index (χ2n) is 4.87. The molecule has 2 N–H and O–H groups in total. The molecule has 0 amide bonds. The van der Waals surface area contributed by atoms with Crippen LogP contribution in [-0.4, -0.2) is 50.8 Å². The molecule has 1 saturated heterocycles. The number of rotatable bonds is 2. The third-order valence-electron chi connectivity index (χ3n) is 3.35. The van der Waals surface area contributed by atoms with E-state index in [2.05, 4.69) is 20.8 Å². The third-order valence-corrected chi connectivity index (χ3v) is 6.20. The minimum absolute atomic E-state index is 0.0148. The van der Waals surface area contributed by atoms with Gasteiger partial charge in [-0.1, -0.05) is 0 Å². The molecular weight excluding hydrogens is 349 g/mol. The van der Waals surface area contributed by atoms with Gasteiger partial charge in [0.05, 0.1) is 10.6 Å². The lowest BCUT2D eigenvalue weighted by Gasteiger charge is -2.21. The first-order valence-corrected chi connectivity index (χ1v) is 8.49. The standard InChI is InChI=1S/C12H17BrFN3O2S/c1-16-3-2-4-17(6-5-16)20(18,19)12-8-11(15)10(14)7-9(12)13/h7-8H,2-6,15H2,1H3. The summed E-state index contributed by atoms with van der Waals surface area (Å²) in [6.45, 7) is 2.41. The van der Waals surface area contributed by atoms with Crippen molar-refractivity contribution >= 4 is 31.6 Å². The highest BCUT2D eigenvalue weighted by Crippen LogP contribution is 2.29. The summed E-state index contributed by atoms with van der Waals surface area (Å²) in [6.07, 6.45) is 0.768. The largest absolute Gasteiger partial charge is 0.396 e. The van der Waals surface area contributed by atoms with Crippen LogP contribution in [0.25, 0.3) is 0 Å². The monoisotopic (exact) mass is 365 g/mol. The van der Waals surface area contributed by atoms with E-state index in [1.807, 2.05) is 7.05 Å². The van der Waals surface area contributed by atoms with Crippen molar-refractivity contribution in [2.45, 2.75) is 11.3 Å². The fourth-order valence-corrected chi connectivity index (χ4v) is 4.62. The molecule has 0 radical (unpaired) electrons. The van der Waals surface area contributed by atoms with Crippen LogP contribution in [0.1, 0.15) is 6.42 Å². The average molecular weight is 366 g/mol.